The van der Waals surface area contributed by atoms with E-state index in [1.165, 1.54) is 9.75 Å². The molecule has 2 aromatic rings. The second-order valence-corrected chi connectivity index (χ2v) is 6.77. The smallest absolute Gasteiger partial charge is 0.152 e. The summed E-state index contributed by atoms with van der Waals surface area (Å²) in [6.07, 6.45) is 0. The van der Waals surface area contributed by atoms with E-state index in [-0.39, 0.29) is 15.8 Å². The first-order chi connectivity index (χ1) is 8.47. The van der Waals surface area contributed by atoms with Gasteiger partial charge in [-0.05, 0) is 41.1 Å². The molecule has 18 heavy (non-hydrogen) atoms. The van der Waals surface area contributed by atoms with Crippen molar-refractivity contribution in [3.63, 3.8) is 0 Å². The SMILES string of the molecule is Cc1sc(CNc2cc(Cl)c(O)c(Cl)c2)cc1Br. The number of phenols is 1. The molecule has 0 saturated carbocycles. The minimum atomic E-state index is -0.0846. The van der Waals surface area contributed by atoms with Gasteiger partial charge in [-0.3, -0.25) is 0 Å². The summed E-state index contributed by atoms with van der Waals surface area (Å²) < 4.78 is 1.12. The highest BCUT2D eigenvalue weighted by molar-refractivity contribution is 9.10. The van der Waals surface area contributed by atoms with E-state index in [4.69, 9.17) is 23.2 Å². The number of halogens is 3. The molecule has 0 saturated heterocycles. The molecular weight excluding hydrogens is 357 g/mol. The lowest BCUT2D eigenvalue weighted by molar-refractivity contribution is 0.476. The number of anilines is 1. The molecule has 0 unspecified atom stereocenters. The third kappa shape index (κ3) is 3.12. The quantitative estimate of drug-likeness (QED) is 0.708. The Bertz CT molecular complexity index is 543. The van der Waals surface area contributed by atoms with Gasteiger partial charge in [-0.25, -0.2) is 0 Å². The van der Waals surface area contributed by atoms with E-state index in [9.17, 15) is 5.11 Å². The minimum Gasteiger partial charge on any atom is -0.505 e. The summed E-state index contributed by atoms with van der Waals surface area (Å²) in [4.78, 5) is 2.45. The van der Waals surface area contributed by atoms with E-state index in [2.05, 4.69) is 34.2 Å². The molecule has 2 nitrogen and oxygen atoms in total. The van der Waals surface area contributed by atoms with Gasteiger partial charge in [0.05, 0.1) is 10.0 Å². The van der Waals surface area contributed by atoms with Gasteiger partial charge in [-0.15, -0.1) is 11.3 Å². The lowest BCUT2D eigenvalue weighted by Crippen LogP contribution is -1.97. The fourth-order valence-electron chi connectivity index (χ4n) is 1.46. The Hall–Kier alpha value is -0.420. The van der Waals surface area contributed by atoms with Crippen LogP contribution in [0.15, 0.2) is 22.7 Å². The van der Waals surface area contributed by atoms with Crippen LogP contribution in [0.1, 0.15) is 9.75 Å². The summed E-state index contributed by atoms with van der Waals surface area (Å²) in [5, 5.41) is 13.2. The molecule has 0 aliphatic heterocycles. The Balaban J connectivity index is 2.11. The summed E-state index contributed by atoms with van der Waals surface area (Å²) in [7, 11) is 0. The average molecular weight is 367 g/mol. The van der Waals surface area contributed by atoms with Crippen LogP contribution in [0.4, 0.5) is 5.69 Å². The molecule has 0 aliphatic carbocycles. The third-order valence-electron chi connectivity index (χ3n) is 2.39. The van der Waals surface area contributed by atoms with Crippen molar-refractivity contribution in [2.75, 3.05) is 5.32 Å². The van der Waals surface area contributed by atoms with Gasteiger partial charge in [0.2, 0.25) is 0 Å². The van der Waals surface area contributed by atoms with Gasteiger partial charge in [0.1, 0.15) is 0 Å². The predicted molar refractivity (Wildman–Crippen MR) is 82.2 cm³/mol. The number of hydrogen-bond acceptors (Lipinski definition) is 3. The molecule has 0 fully saturated rings. The molecule has 0 bridgehead atoms. The van der Waals surface area contributed by atoms with Gasteiger partial charge in [-0.1, -0.05) is 23.2 Å². The number of rotatable bonds is 3. The molecule has 0 radical (unpaired) electrons. The van der Waals surface area contributed by atoms with Gasteiger partial charge in [-0.2, -0.15) is 0 Å². The molecule has 2 rings (SSSR count). The van der Waals surface area contributed by atoms with Crippen LogP contribution in [0.5, 0.6) is 5.75 Å². The van der Waals surface area contributed by atoms with Crippen LogP contribution in [0.25, 0.3) is 0 Å². The van der Waals surface area contributed by atoms with Crippen molar-refractivity contribution < 1.29 is 5.11 Å². The fraction of sp³-hybridized carbons (Fsp3) is 0.167. The van der Waals surface area contributed by atoms with Crippen molar-refractivity contribution in [2.45, 2.75) is 13.5 Å². The van der Waals surface area contributed by atoms with Crippen LogP contribution in [0.3, 0.4) is 0 Å². The van der Waals surface area contributed by atoms with Crippen LogP contribution in [0.2, 0.25) is 10.0 Å². The second-order valence-electron chi connectivity index (χ2n) is 3.76. The first-order valence-electron chi connectivity index (χ1n) is 5.14. The van der Waals surface area contributed by atoms with E-state index in [0.29, 0.717) is 6.54 Å². The summed E-state index contributed by atoms with van der Waals surface area (Å²) in [5.41, 5.74) is 0.782. The number of aromatic hydroxyl groups is 1. The van der Waals surface area contributed by atoms with Crippen molar-refractivity contribution in [1.82, 2.24) is 0 Å². The largest absolute Gasteiger partial charge is 0.505 e. The second kappa shape index (κ2) is 5.70. The van der Waals surface area contributed by atoms with Gasteiger partial charge in [0.15, 0.2) is 5.75 Å². The summed E-state index contributed by atoms with van der Waals surface area (Å²) in [6, 6.07) is 5.38. The Kier molecular flexibility index (Phi) is 4.43. The van der Waals surface area contributed by atoms with Crippen LogP contribution in [-0.2, 0) is 6.54 Å². The van der Waals surface area contributed by atoms with Gasteiger partial charge >= 0.3 is 0 Å². The Morgan fingerprint density at radius 3 is 2.39 bits per heavy atom. The monoisotopic (exact) mass is 365 g/mol. The third-order valence-corrected chi connectivity index (χ3v) is 5.10. The van der Waals surface area contributed by atoms with Crippen molar-refractivity contribution >= 4 is 56.2 Å². The van der Waals surface area contributed by atoms with Crippen molar-refractivity contribution in [3.8, 4) is 5.75 Å². The molecule has 1 aromatic heterocycles. The highest BCUT2D eigenvalue weighted by atomic mass is 79.9. The molecule has 0 aliphatic rings. The molecule has 96 valence electrons. The van der Waals surface area contributed by atoms with E-state index in [1.807, 2.05) is 0 Å². The summed E-state index contributed by atoms with van der Waals surface area (Å²) >= 11 is 16.9. The Morgan fingerprint density at radius 1 is 1.28 bits per heavy atom. The standard InChI is InChI=1S/C12H10BrCl2NOS/c1-6-9(13)4-8(18-6)5-16-7-2-10(14)12(17)11(15)3-7/h2-4,16-17H,5H2,1H3. The van der Waals surface area contributed by atoms with E-state index < -0.39 is 0 Å². The lowest BCUT2D eigenvalue weighted by atomic mass is 10.3. The number of hydrogen-bond donors (Lipinski definition) is 2. The highest BCUT2D eigenvalue weighted by Crippen LogP contribution is 2.35. The maximum atomic E-state index is 9.46. The van der Waals surface area contributed by atoms with Crippen molar-refractivity contribution in [1.29, 1.82) is 0 Å². The first-order valence-corrected chi connectivity index (χ1v) is 7.50. The zero-order chi connectivity index (χ0) is 13.3. The topological polar surface area (TPSA) is 32.3 Å². The van der Waals surface area contributed by atoms with Crippen molar-refractivity contribution in [3.05, 3.63) is 42.5 Å². The van der Waals surface area contributed by atoms with Crippen LogP contribution >= 0.6 is 50.5 Å². The molecule has 0 atom stereocenters. The minimum absolute atomic E-state index is 0.0846. The average Bonchev–Trinajstić information content (AvgIpc) is 2.63. The van der Waals surface area contributed by atoms with E-state index >= 15 is 0 Å². The first kappa shape index (κ1) is 14.0. The summed E-state index contributed by atoms with van der Waals surface area (Å²) in [5.74, 6) is -0.0846. The summed E-state index contributed by atoms with van der Waals surface area (Å²) in [6.45, 7) is 2.75. The molecular formula is C12H10BrCl2NOS. The van der Waals surface area contributed by atoms with Crippen molar-refractivity contribution in [2.24, 2.45) is 0 Å². The number of aryl methyl sites for hydroxylation is 1. The van der Waals surface area contributed by atoms with Gasteiger partial charge < -0.3 is 10.4 Å². The zero-order valence-electron chi connectivity index (χ0n) is 9.43. The highest BCUT2D eigenvalue weighted by Gasteiger charge is 2.07. The number of benzene rings is 1. The van der Waals surface area contributed by atoms with E-state index in [0.717, 1.165) is 10.2 Å². The lowest BCUT2D eigenvalue weighted by Gasteiger charge is -2.07. The maximum Gasteiger partial charge on any atom is 0.152 e. The zero-order valence-corrected chi connectivity index (χ0v) is 13.3. The maximum absolute atomic E-state index is 9.46. The normalized spacial score (nSPS) is 10.7. The Labute approximate surface area is 128 Å². The molecule has 0 amide bonds. The van der Waals surface area contributed by atoms with Crippen LogP contribution < -0.4 is 5.32 Å². The van der Waals surface area contributed by atoms with Gasteiger partial charge in [0.25, 0.3) is 0 Å². The molecule has 1 heterocycles. The number of nitrogens with one attached hydrogen (secondary N) is 1. The van der Waals surface area contributed by atoms with Crippen LogP contribution in [-0.4, -0.2) is 5.11 Å². The molecule has 6 heteroatoms. The Morgan fingerprint density at radius 2 is 1.89 bits per heavy atom. The molecule has 1 aromatic carbocycles. The fourth-order valence-corrected chi connectivity index (χ4v) is 3.49. The van der Waals surface area contributed by atoms with E-state index in [1.54, 1.807) is 23.5 Å². The molecule has 0 spiro atoms. The van der Waals surface area contributed by atoms with Gasteiger partial charge in [0, 0.05) is 26.5 Å². The van der Waals surface area contributed by atoms with Crippen LogP contribution in [0, 0.1) is 6.92 Å². The predicted octanol–water partition coefficient (Wildman–Crippen LogP) is 5.44. The number of thiophene rings is 1. The number of phenolic OH excluding ortho intramolecular Hbond substituents is 1. The molecule has 2 N–H and O–H groups in total.